The molecule has 0 amide bonds. The van der Waals surface area contributed by atoms with Crippen LogP contribution >= 0.6 is 0 Å². The molecular formula is C43H67NO5. The first kappa shape index (κ1) is 35.0. The molecule has 11 unspecified atom stereocenters. The van der Waals surface area contributed by atoms with Crippen LogP contribution in [0, 0.1) is 45.3 Å². The van der Waals surface area contributed by atoms with Crippen LogP contribution in [0.15, 0.2) is 30.3 Å². The maximum atomic E-state index is 7.17. The highest BCUT2D eigenvalue weighted by atomic mass is 16.7. The van der Waals surface area contributed by atoms with Gasteiger partial charge in [-0.25, -0.2) is 0 Å². The Balaban J connectivity index is 0.942. The van der Waals surface area contributed by atoms with Crippen LogP contribution in [0.5, 0.6) is 0 Å². The van der Waals surface area contributed by atoms with Crippen molar-refractivity contribution in [2.75, 3.05) is 32.9 Å². The van der Waals surface area contributed by atoms with Gasteiger partial charge in [0.15, 0.2) is 6.29 Å². The Kier molecular flexibility index (Phi) is 9.17. The average Bonchev–Trinajstić information content (AvgIpc) is 3.65. The fourth-order valence-corrected chi connectivity index (χ4v) is 14.0. The molecule has 6 nitrogen and oxygen atoms in total. The first-order chi connectivity index (χ1) is 23.5. The van der Waals surface area contributed by atoms with Crippen LogP contribution in [0.2, 0.25) is 0 Å². The van der Waals surface area contributed by atoms with Gasteiger partial charge in [-0.1, -0.05) is 51.1 Å². The third kappa shape index (κ3) is 5.63. The van der Waals surface area contributed by atoms with Crippen molar-refractivity contribution in [2.24, 2.45) is 45.3 Å². The second-order valence-electron chi connectivity index (χ2n) is 18.9. The van der Waals surface area contributed by atoms with Crippen molar-refractivity contribution in [2.45, 2.75) is 156 Å². The highest BCUT2D eigenvalue weighted by molar-refractivity contribution is 5.29. The maximum absolute atomic E-state index is 7.17. The normalized spacial score (nSPS) is 45.0. The zero-order valence-electron chi connectivity index (χ0n) is 31.9. The molecule has 0 radical (unpaired) electrons. The second kappa shape index (κ2) is 12.8. The van der Waals surface area contributed by atoms with Gasteiger partial charge in [0.05, 0.1) is 30.5 Å². The highest BCUT2D eigenvalue weighted by Gasteiger charge is 2.80. The zero-order chi connectivity index (χ0) is 34.2. The molecule has 7 aliphatic rings. The molecule has 2 aliphatic heterocycles. The summed E-state index contributed by atoms with van der Waals surface area (Å²) in [6.45, 7) is 21.4. The lowest BCUT2D eigenvalue weighted by molar-refractivity contribution is -0.246. The van der Waals surface area contributed by atoms with E-state index in [2.05, 4.69) is 83.7 Å². The summed E-state index contributed by atoms with van der Waals surface area (Å²) in [5.41, 5.74) is 2.68. The van der Waals surface area contributed by atoms with Crippen LogP contribution in [0.3, 0.4) is 0 Å². The van der Waals surface area contributed by atoms with Crippen molar-refractivity contribution in [3.63, 3.8) is 0 Å². The first-order valence-corrected chi connectivity index (χ1v) is 20.4. The molecule has 274 valence electrons. The molecule has 8 rings (SSSR count). The molecular weight excluding hydrogens is 610 g/mol. The monoisotopic (exact) mass is 678 g/mol. The number of fused-ring (bicyclic) bond motifs is 4. The molecule has 5 aliphatic carbocycles. The minimum absolute atomic E-state index is 0.0205. The van der Waals surface area contributed by atoms with Gasteiger partial charge in [-0.2, -0.15) is 0 Å². The van der Waals surface area contributed by atoms with Crippen molar-refractivity contribution >= 4 is 0 Å². The van der Waals surface area contributed by atoms with Gasteiger partial charge in [0.1, 0.15) is 6.10 Å². The van der Waals surface area contributed by atoms with Gasteiger partial charge >= 0.3 is 0 Å². The van der Waals surface area contributed by atoms with Crippen LogP contribution in [0.25, 0.3) is 0 Å². The Bertz CT molecular complexity index is 1320. The number of morpholine rings is 1. The molecule has 49 heavy (non-hydrogen) atoms. The van der Waals surface area contributed by atoms with Gasteiger partial charge in [-0.15, -0.1) is 0 Å². The van der Waals surface area contributed by atoms with Gasteiger partial charge in [-0.05, 0) is 143 Å². The van der Waals surface area contributed by atoms with E-state index in [0.29, 0.717) is 41.5 Å². The number of rotatable bonds is 10. The largest absolute Gasteiger partial charge is 0.373 e. The van der Waals surface area contributed by atoms with E-state index in [4.69, 9.17) is 23.7 Å². The van der Waals surface area contributed by atoms with Crippen LogP contribution in [-0.2, 0) is 30.2 Å². The lowest BCUT2D eigenvalue weighted by Gasteiger charge is -2.60. The zero-order valence-corrected chi connectivity index (χ0v) is 31.9. The summed E-state index contributed by atoms with van der Waals surface area (Å²) in [6, 6.07) is 10.9. The maximum Gasteiger partial charge on any atom is 0.170 e. The molecule has 1 aromatic rings. The molecule has 2 spiro atoms. The van der Waals surface area contributed by atoms with Gasteiger partial charge in [0.2, 0.25) is 0 Å². The topological polar surface area (TPSA) is 49.4 Å². The van der Waals surface area contributed by atoms with Crippen LogP contribution in [0.1, 0.15) is 118 Å². The third-order valence-electron chi connectivity index (χ3n) is 16.1. The smallest absolute Gasteiger partial charge is 0.170 e. The lowest BCUT2D eigenvalue weighted by atomic mass is 9.46. The fourth-order valence-electron chi connectivity index (χ4n) is 14.0. The van der Waals surface area contributed by atoms with E-state index in [-0.39, 0.29) is 35.6 Å². The Hall–Kier alpha value is -1.02. The predicted molar refractivity (Wildman–Crippen MR) is 193 cm³/mol. The summed E-state index contributed by atoms with van der Waals surface area (Å²) < 4.78 is 33.1. The van der Waals surface area contributed by atoms with Gasteiger partial charge < -0.3 is 23.7 Å². The lowest BCUT2D eigenvalue weighted by Crippen LogP contribution is -2.56. The summed E-state index contributed by atoms with van der Waals surface area (Å²) in [5.74, 6) is 3.09. The summed E-state index contributed by atoms with van der Waals surface area (Å²) in [5, 5.41) is 0. The molecule has 1 aromatic carbocycles. The standard InChI is InChI=1S/C43H67NO5/c1-8-45-38(40(5,6)47-9-2)33-17-15-31-34(48-33)25-32-30-16-18-35-39(3,4)36(19-20-43(35)28-42(30,43)22-21-41(31,32)7)49-37-27-44(23-24-46-37)26-29-13-11-10-12-14-29/h10-14,30-38H,8-9,15-28H2,1-7H3/t30-,31?,32?,33?,34?,35?,36?,37?,38?,41?,42?,43?/m0/s1. The van der Waals surface area contributed by atoms with E-state index in [1.165, 1.54) is 63.4 Å². The predicted octanol–water partition coefficient (Wildman–Crippen LogP) is 8.66. The number of benzene rings is 1. The molecule has 7 fully saturated rings. The third-order valence-corrected chi connectivity index (χ3v) is 16.1. The fraction of sp³-hybridized carbons (Fsp3) is 0.860. The SMILES string of the molecule is CCOC(C1CCC2C(CC3[C@@H]4CCC5C(C)(C)C(OC6CN(Cc7ccccc7)CCO6)CCC56CC46CCC23C)O1)C(C)(C)OCC. The van der Waals surface area contributed by atoms with Crippen molar-refractivity contribution in [3.05, 3.63) is 35.9 Å². The number of nitrogens with zero attached hydrogens (tertiary/aromatic N) is 1. The summed E-state index contributed by atoms with van der Waals surface area (Å²) >= 11 is 0. The summed E-state index contributed by atoms with van der Waals surface area (Å²) in [6.07, 6.45) is 13.8. The molecule has 0 aromatic heterocycles. The van der Waals surface area contributed by atoms with E-state index in [1.807, 2.05) is 0 Å². The molecule has 0 bridgehead atoms. The van der Waals surface area contributed by atoms with Gasteiger partial charge in [-0.3, -0.25) is 4.90 Å². The second-order valence-corrected chi connectivity index (χ2v) is 18.9. The van der Waals surface area contributed by atoms with E-state index < -0.39 is 0 Å². The van der Waals surface area contributed by atoms with Crippen molar-refractivity contribution < 1.29 is 23.7 Å². The van der Waals surface area contributed by atoms with Crippen molar-refractivity contribution in [1.29, 1.82) is 0 Å². The summed E-state index contributed by atoms with van der Waals surface area (Å²) in [4.78, 5) is 2.52. The molecule has 2 heterocycles. The van der Waals surface area contributed by atoms with Crippen molar-refractivity contribution in [3.8, 4) is 0 Å². The quantitative estimate of drug-likeness (QED) is 0.247. The Morgan fingerprint density at radius 1 is 0.898 bits per heavy atom. The highest BCUT2D eigenvalue weighted by Crippen LogP contribution is 2.87. The van der Waals surface area contributed by atoms with Gasteiger partial charge in [0.25, 0.3) is 0 Å². The van der Waals surface area contributed by atoms with E-state index in [0.717, 1.165) is 50.4 Å². The molecule has 5 saturated carbocycles. The Morgan fingerprint density at radius 3 is 2.47 bits per heavy atom. The van der Waals surface area contributed by atoms with E-state index in [9.17, 15) is 0 Å². The minimum Gasteiger partial charge on any atom is -0.373 e. The van der Waals surface area contributed by atoms with Gasteiger partial charge in [0, 0.05) is 32.8 Å². The Labute approximate surface area is 297 Å². The molecule has 0 N–H and O–H groups in total. The summed E-state index contributed by atoms with van der Waals surface area (Å²) in [7, 11) is 0. The number of ether oxygens (including phenoxy) is 5. The average molecular weight is 678 g/mol. The number of hydrogen-bond donors (Lipinski definition) is 0. The molecule has 2 saturated heterocycles. The van der Waals surface area contributed by atoms with Crippen molar-refractivity contribution in [1.82, 2.24) is 4.90 Å². The van der Waals surface area contributed by atoms with Crippen LogP contribution < -0.4 is 0 Å². The van der Waals surface area contributed by atoms with E-state index in [1.54, 1.807) is 0 Å². The number of hydrogen-bond acceptors (Lipinski definition) is 6. The molecule has 12 atom stereocenters. The van der Waals surface area contributed by atoms with Crippen LogP contribution in [0.4, 0.5) is 0 Å². The van der Waals surface area contributed by atoms with E-state index >= 15 is 0 Å². The Morgan fingerprint density at radius 2 is 1.69 bits per heavy atom. The first-order valence-electron chi connectivity index (χ1n) is 20.4. The minimum atomic E-state index is -0.347. The van der Waals surface area contributed by atoms with Crippen LogP contribution in [-0.4, -0.2) is 74.1 Å². The molecule has 6 heteroatoms.